The summed E-state index contributed by atoms with van der Waals surface area (Å²) in [7, 11) is 1.63. The molecule has 4 rings (SSSR count). The van der Waals surface area contributed by atoms with E-state index in [1.807, 2.05) is 35.0 Å². The Hall–Kier alpha value is -3.42. The second-order valence-electron chi connectivity index (χ2n) is 8.99. The van der Waals surface area contributed by atoms with Crippen LogP contribution in [0.25, 0.3) is 16.7 Å². The standard InChI is InChI=1S/C24H29N5O3/c1-15(2)14-19-21-20(29(27-19)16-6-8-17(32-5)9-7-16)11-10-18(26-21)22(30)28-13-12-25-23(31)24(28,3)4/h6-11,15H,12-14H2,1-5H3,(H,25,31). The van der Waals surface area contributed by atoms with Crippen molar-refractivity contribution in [1.29, 1.82) is 0 Å². The molecule has 0 spiro atoms. The van der Waals surface area contributed by atoms with Gasteiger partial charge in [0.15, 0.2) is 0 Å². The van der Waals surface area contributed by atoms with E-state index in [4.69, 9.17) is 14.8 Å². The van der Waals surface area contributed by atoms with Crippen molar-refractivity contribution >= 4 is 22.8 Å². The summed E-state index contributed by atoms with van der Waals surface area (Å²) in [5.41, 5.74) is 2.66. The lowest BCUT2D eigenvalue weighted by Crippen LogP contribution is -2.63. The van der Waals surface area contributed by atoms with Crippen molar-refractivity contribution < 1.29 is 14.3 Å². The molecule has 2 amide bonds. The minimum atomic E-state index is -0.931. The highest BCUT2D eigenvalue weighted by atomic mass is 16.5. The van der Waals surface area contributed by atoms with Gasteiger partial charge in [-0.1, -0.05) is 13.8 Å². The van der Waals surface area contributed by atoms with Crippen LogP contribution in [0, 0.1) is 5.92 Å². The fraction of sp³-hybridized carbons (Fsp3) is 0.417. The molecule has 0 bridgehead atoms. The average Bonchev–Trinajstić information content (AvgIpc) is 3.12. The Bertz CT molecular complexity index is 1160. The first-order valence-electron chi connectivity index (χ1n) is 10.9. The first kappa shape index (κ1) is 21.8. The second kappa shape index (κ2) is 8.26. The van der Waals surface area contributed by atoms with Crippen LogP contribution in [0.15, 0.2) is 36.4 Å². The van der Waals surface area contributed by atoms with E-state index in [9.17, 15) is 9.59 Å². The van der Waals surface area contributed by atoms with Crippen molar-refractivity contribution in [2.75, 3.05) is 20.2 Å². The Balaban J connectivity index is 1.78. The quantitative estimate of drug-likeness (QED) is 0.666. The van der Waals surface area contributed by atoms with Crippen LogP contribution in [0.3, 0.4) is 0 Å². The molecule has 32 heavy (non-hydrogen) atoms. The topological polar surface area (TPSA) is 89.3 Å². The monoisotopic (exact) mass is 435 g/mol. The van der Waals surface area contributed by atoms with Gasteiger partial charge in [0.2, 0.25) is 5.91 Å². The summed E-state index contributed by atoms with van der Waals surface area (Å²) in [6.45, 7) is 8.64. The molecule has 3 heterocycles. The molecule has 0 aliphatic carbocycles. The van der Waals surface area contributed by atoms with Gasteiger partial charge in [-0.05, 0) is 62.6 Å². The molecule has 8 heteroatoms. The number of carbonyl (C=O) groups excluding carboxylic acids is 2. The number of nitrogens with one attached hydrogen (secondary N) is 1. The molecule has 0 radical (unpaired) electrons. The van der Waals surface area contributed by atoms with Crippen LogP contribution < -0.4 is 10.1 Å². The summed E-state index contributed by atoms with van der Waals surface area (Å²) in [6, 6.07) is 11.3. The summed E-state index contributed by atoms with van der Waals surface area (Å²) in [6.07, 6.45) is 0.738. The Morgan fingerprint density at radius 3 is 2.56 bits per heavy atom. The smallest absolute Gasteiger partial charge is 0.273 e. The van der Waals surface area contributed by atoms with Crippen LogP contribution in [0.1, 0.15) is 43.9 Å². The van der Waals surface area contributed by atoms with E-state index in [0.717, 1.165) is 29.1 Å². The van der Waals surface area contributed by atoms with E-state index < -0.39 is 5.54 Å². The van der Waals surface area contributed by atoms with Crippen molar-refractivity contribution in [1.82, 2.24) is 25.0 Å². The van der Waals surface area contributed by atoms with E-state index in [1.165, 1.54) is 0 Å². The third-order valence-corrected chi connectivity index (χ3v) is 5.83. The molecule has 0 atom stereocenters. The van der Waals surface area contributed by atoms with Crippen LogP contribution in [-0.4, -0.2) is 57.2 Å². The molecule has 168 valence electrons. The summed E-state index contributed by atoms with van der Waals surface area (Å²) in [5.74, 6) is 0.737. The SMILES string of the molecule is COc1ccc(-n2nc(CC(C)C)c3nc(C(=O)N4CCNC(=O)C4(C)C)ccc32)cc1. The normalized spacial score (nSPS) is 15.8. The number of methoxy groups -OCH3 is 1. The minimum Gasteiger partial charge on any atom is -0.497 e. The van der Waals surface area contributed by atoms with Gasteiger partial charge < -0.3 is 15.0 Å². The van der Waals surface area contributed by atoms with Gasteiger partial charge >= 0.3 is 0 Å². The molecular formula is C24H29N5O3. The Morgan fingerprint density at radius 1 is 1.19 bits per heavy atom. The largest absolute Gasteiger partial charge is 0.497 e. The maximum absolute atomic E-state index is 13.3. The fourth-order valence-corrected chi connectivity index (χ4v) is 4.01. The Morgan fingerprint density at radius 2 is 1.91 bits per heavy atom. The molecule has 0 unspecified atom stereocenters. The minimum absolute atomic E-state index is 0.161. The fourth-order valence-electron chi connectivity index (χ4n) is 4.01. The molecule has 1 N–H and O–H groups in total. The number of pyridine rings is 1. The van der Waals surface area contributed by atoms with Crippen LogP contribution in [0.2, 0.25) is 0 Å². The number of nitrogens with zero attached hydrogens (tertiary/aromatic N) is 4. The van der Waals surface area contributed by atoms with Crippen LogP contribution in [-0.2, 0) is 11.2 Å². The van der Waals surface area contributed by atoms with Crippen LogP contribution in [0.4, 0.5) is 0 Å². The third kappa shape index (κ3) is 3.81. The van der Waals surface area contributed by atoms with Crippen molar-refractivity contribution in [2.45, 2.75) is 39.7 Å². The summed E-state index contributed by atoms with van der Waals surface area (Å²) < 4.78 is 7.12. The zero-order chi connectivity index (χ0) is 23.0. The number of piperazine rings is 1. The number of ether oxygens (including phenoxy) is 1. The van der Waals surface area contributed by atoms with E-state index in [0.29, 0.717) is 30.2 Å². The van der Waals surface area contributed by atoms with Crippen molar-refractivity contribution in [2.24, 2.45) is 5.92 Å². The summed E-state index contributed by atoms with van der Waals surface area (Å²) in [4.78, 5) is 32.0. The molecule has 3 aromatic rings. The lowest BCUT2D eigenvalue weighted by atomic mass is 9.98. The van der Waals surface area contributed by atoms with Crippen LogP contribution >= 0.6 is 0 Å². The van der Waals surface area contributed by atoms with Gasteiger partial charge in [-0.3, -0.25) is 9.59 Å². The van der Waals surface area contributed by atoms with Gasteiger partial charge in [0.1, 0.15) is 22.5 Å². The lowest BCUT2D eigenvalue weighted by Gasteiger charge is -2.40. The van der Waals surface area contributed by atoms with E-state index in [-0.39, 0.29) is 11.8 Å². The predicted octanol–water partition coefficient (Wildman–Crippen LogP) is 2.98. The van der Waals surface area contributed by atoms with Gasteiger partial charge in [-0.2, -0.15) is 5.10 Å². The van der Waals surface area contributed by atoms with Gasteiger partial charge in [0.05, 0.1) is 24.0 Å². The highest BCUT2D eigenvalue weighted by molar-refractivity contribution is 5.99. The number of fused-ring (bicyclic) bond motifs is 1. The average molecular weight is 436 g/mol. The maximum atomic E-state index is 13.3. The molecular weight excluding hydrogens is 406 g/mol. The molecule has 2 aromatic heterocycles. The van der Waals surface area contributed by atoms with Crippen molar-refractivity contribution in [3.8, 4) is 11.4 Å². The van der Waals surface area contributed by atoms with Gasteiger partial charge in [-0.15, -0.1) is 0 Å². The number of hydrogen-bond acceptors (Lipinski definition) is 5. The van der Waals surface area contributed by atoms with E-state index in [2.05, 4.69) is 19.2 Å². The molecule has 1 saturated heterocycles. The summed E-state index contributed by atoms with van der Waals surface area (Å²) >= 11 is 0. The van der Waals surface area contributed by atoms with E-state index in [1.54, 1.807) is 31.9 Å². The van der Waals surface area contributed by atoms with Gasteiger partial charge in [-0.25, -0.2) is 9.67 Å². The van der Waals surface area contributed by atoms with Crippen molar-refractivity contribution in [3.63, 3.8) is 0 Å². The number of amides is 2. The number of rotatable bonds is 5. The molecule has 1 fully saturated rings. The molecule has 0 saturated carbocycles. The number of aromatic nitrogens is 3. The molecule has 8 nitrogen and oxygen atoms in total. The Kier molecular flexibility index (Phi) is 5.62. The first-order chi connectivity index (χ1) is 15.2. The second-order valence-corrected chi connectivity index (χ2v) is 8.99. The highest BCUT2D eigenvalue weighted by Crippen LogP contribution is 2.26. The van der Waals surface area contributed by atoms with Crippen LogP contribution in [0.5, 0.6) is 5.75 Å². The Labute approximate surface area is 187 Å². The predicted molar refractivity (Wildman–Crippen MR) is 122 cm³/mol. The first-order valence-corrected chi connectivity index (χ1v) is 10.9. The van der Waals surface area contributed by atoms with E-state index >= 15 is 0 Å². The number of hydrogen-bond donors (Lipinski definition) is 1. The molecule has 1 aliphatic rings. The molecule has 1 aliphatic heterocycles. The highest BCUT2D eigenvalue weighted by Gasteiger charge is 2.41. The maximum Gasteiger partial charge on any atom is 0.273 e. The van der Waals surface area contributed by atoms with Gasteiger partial charge in [0, 0.05) is 13.1 Å². The summed E-state index contributed by atoms with van der Waals surface area (Å²) in [5, 5.41) is 7.66. The third-order valence-electron chi connectivity index (χ3n) is 5.83. The molecule has 1 aromatic carbocycles. The number of benzene rings is 1. The lowest BCUT2D eigenvalue weighted by molar-refractivity contribution is -0.133. The van der Waals surface area contributed by atoms with Gasteiger partial charge in [0.25, 0.3) is 5.91 Å². The zero-order valence-electron chi connectivity index (χ0n) is 19.2. The zero-order valence-corrected chi connectivity index (χ0v) is 19.2. The number of carbonyl (C=O) groups is 2. The van der Waals surface area contributed by atoms with Crippen molar-refractivity contribution in [3.05, 3.63) is 47.8 Å².